The minimum atomic E-state index is -1.09. The quantitative estimate of drug-likeness (QED) is 0.148. The molecule has 3 aliphatic heterocycles. The normalized spacial score (nSPS) is 18.2. The summed E-state index contributed by atoms with van der Waals surface area (Å²) in [5, 5.41) is 11.7. The second kappa shape index (κ2) is 17.8. The summed E-state index contributed by atoms with van der Waals surface area (Å²) >= 11 is 0. The number of anilines is 1. The largest absolute Gasteiger partial charge is 0.430 e. The molecule has 0 bridgehead atoms. The Bertz CT molecular complexity index is 1760. The van der Waals surface area contributed by atoms with E-state index in [0.29, 0.717) is 37.4 Å². The Morgan fingerprint density at radius 2 is 1.71 bits per heavy atom. The van der Waals surface area contributed by atoms with Gasteiger partial charge in [-0.25, -0.2) is 19.0 Å². The predicted molar refractivity (Wildman–Crippen MR) is 203 cm³/mol. The van der Waals surface area contributed by atoms with Crippen LogP contribution in [-0.2, 0) is 14.4 Å². The molecule has 15 nitrogen and oxygen atoms in total. The fourth-order valence-electron chi connectivity index (χ4n) is 7.79. The first-order valence-electron chi connectivity index (χ1n) is 19.2. The summed E-state index contributed by atoms with van der Waals surface area (Å²) in [7, 11) is 3.58. The highest BCUT2D eigenvalue weighted by molar-refractivity contribution is 6.01. The number of nitrogens with one attached hydrogen (secondary N) is 1. The highest BCUT2D eigenvalue weighted by Gasteiger charge is 2.50. The zero-order valence-electron chi connectivity index (χ0n) is 33.3. The molecule has 0 radical (unpaired) electrons. The first-order valence-corrected chi connectivity index (χ1v) is 19.2. The van der Waals surface area contributed by atoms with Crippen LogP contribution in [0.15, 0.2) is 24.5 Å². The van der Waals surface area contributed by atoms with Gasteiger partial charge in [-0.2, -0.15) is 0 Å². The monoisotopic (exact) mass is 766 g/mol. The van der Waals surface area contributed by atoms with Crippen LogP contribution in [0.3, 0.4) is 0 Å². The Balaban J connectivity index is 1.30. The third-order valence-electron chi connectivity index (χ3n) is 10.7. The average Bonchev–Trinajstić information content (AvgIpc) is 3.57. The van der Waals surface area contributed by atoms with Crippen LogP contribution in [-0.4, -0.2) is 126 Å². The molecule has 5 rings (SSSR count). The summed E-state index contributed by atoms with van der Waals surface area (Å²) in [5.74, 6) is -4.39. The van der Waals surface area contributed by atoms with E-state index in [-0.39, 0.29) is 40.5 Å². The third-order valence-corrected chi connectivity index (χ3v) is 10.7. The van der Waals surface area contributed by atoms with E-state index in [1.54, 1.807) is 25.9 Å². The van der Waals surface area contributed by atoms with Crippen LogP contribution in [0.5, 0.6) is 23.1 Å². The van der Waals surface area contributed by atoms with Gasteiger partial charge in [0.15, 0.2) is 17.4 Å². The summed E-state index contributed by atoms with van der Waals surface area (Å²) in [6.07, 6.45) is 6.79. The Morgan fingerprint density at radius 1 is 1.02 bits per heavy atom. The first-order chi connectivity index (χ1) is 26.1. The summed E-state index contributed by atoms with van der Waals surface area (Å²) in [6, 6.07) is 1.08. The zero-order valence-corrected chi connectivity index (χ0v) is 33.3. The lowest BCUT2D eigenvalue weighted by Crippen LogP contribution is -2.62. The van der Waals surface area contributed by atoms with Crippen molar-refractivity contribution in [2.45, 2.75) is 79.3 Å². The van der Waals surface area contributed by atoms with E-state index in [1.165, 1.54) is 11.2 Å². The van der Waals surface area contributed by atoms with Crippen molar-refractivity contribution in [2.24, 2.45) is 17.3 Å². The van der Waals surface area contributed by atoms with E-state index in [2.05, 4.69) is 44.1 Å². The molecule has 1 aromatic carbocycles. The van der Waals surface area contributed by atoms with Gasteiger partial charge in [-0.1, -0.05) is 20.8 Å². The number of aromatic nitrogens is 3. The van der Waals surface area contributed by atoms with E-state index in [4.69, 9.17) is 14.2 Å². The van der Waals surface area contributed by atoms with Crippen LogP contribution in [0.2, 0.25) is 0 Å². The smallest absolute Gasteiger partial charge is 0.336 e. The number of benzene rings is 1. The molecule has 55 heavy (non-hydrogen) atoms. The average molecular weight is 767 g/mol. The molecule has 4 heterocycles. The van der Waals surface area contributed by atoms with Gasteiger partial charge in [0, 0.05) is 82.4 Å². The van der Waals surface area contributed by atoms with E-state index < -0.39 is 35.2 Å². The van der Waals surface area contributed by atoms with Gasteiger partial charge in [-0.3, -0.25) is 14.5 Å². The van der Waals surface area contributed by atoms with E-state index in [9.17, 15) is 19.2 Å². The molecule has 2 aromatic rings. The lowest BCUT2D eigenvalue weighted by atomic mass is 9.76. The van der Waals surface area contributed by atoms with Crippen molar-refractivity contribution in [1.82, 2.24) is 35.2 Å². The van der Waals surface area contributed by atoms with E-state index >= 15 is 4.39 Å². The molecule has 3 aliphatic rings. The SMILES string of the molecule is CCN(C(=O)c1cc(F)c2c(c1Oc1nncnc1N1CCC3(C1)CN([C@H](CCCNCC[C@@H](C)C(=O)N(C)C)C(C)C)C3)OC(=O)/C=C/C(=O)O2)C(C)C. The molecule has 0 unspecified atom stereocenters. The van der Waals surface area contributed by atoms with Crippen molar-refractivity contribution >= 4 is 29.6 Å². The first kappa shape index (κ1) is 41.5. The molecule has 2 saturated heterocycles. The summed E-state index contributed by atoms with van der Waals surface area (Å²) in [6.45, 7) is 17.1. The molecule has 2 atom stereocenters. The molecular formula is C39H55FN8O7. The predicted octanol–water partition coefficient (Wildman–Crippen LogP) is 4.08. The molecule has 1 spiro atoms. The van der Waals surface area contributed by atoms with Crippen molar-refractivity contribution in [1.29, 1.82) is 0 Å². The number of halogens is 1. The number of likely N-dealkylation sites (tertiary alicyclic amines) is 1. The third kappa shape index (κ3) is 9.58. The molecule has 300 valence electrons. The number of carbonyl (C=O) groups excluding carboxylic acids is 4. The van der Waals surface area contributed by atoms with Gasteiger partial charge in [-0.05, 0) is 71.5 Å². The Kier molecular flexibility index (Phi) is 13.4. The minimum absolute atomic E-state index is 0.000545. The number of hydrogen-bond donors (Lipinski definition) is 1. The minimum Gasteiger partial charge on any atom is -0.430 e. The summed E-state index contributed by atoms with van der Waals surface area (Å²) in [4.78, 5) is 63.3. The highest BCUT2D eigenvalue weighted by Crippen LogP contribution is 2.48. The number of esters is 2. The number of ether oxygens (including phenoxy) is 3. The van der Waals surface area contributed by atoms with Crippen LogP contribution in [0.25, 0.3) is 0 Å². The van der Waals surface area contributed by atoms with Crippen molar-refractivity contribution in [3.63, 3.8) is 0 Å². The Hall–Kier alpha value is -4.70. The standard InChI is InChI=1S/C39H55FN8O7/c1-9-48(25(4)5)38(52)27-19-28(40)33-34(54-31(50)13-12-30(49)53-33)32(27)55-36-35(42-23-43-44-36)46-18-15-39(20-46)21-47(22-39)29(24(2)3)11-10-16-41-17-14-26(6)37(51)45(7)8/h12-13,19,23-26,29,41H,9-11,14-18,20-22H2,1-8H3/b13-12+/t26-,29-/m1/s1. The summed E-state index contributed by atoms with van der Waals surface area (Å²) in [5.41, 5.74) is -0.224. The van der Waals surface area contributed by atoms with Gasteiger partial charge in [0.05, 0.1) is 5.56 Å². The number of fused-ring (bicyclic) bond motifs is 1. The van der Waals surface area contributed by atoms with Crippen molar-refractivity contribution < 1.29 is 37.8 Å². The fraction of sp³-hybridized carbons (Fsp3) is 0.615. The molecule has 2 fully saturated rings. The van der Waals surface area contributed by atoms with Crippen LogP contribution < -0.4 is 24.4 Å². The van der Waals surface area contributed by atoms with Gasteiger partial charge >= 0.3 is 11.9 Å². The lowest BCUT2D eigenvalue weighted by molar-refractivity contribution is -0.133. The molecule has 1 aromatic heterocycles. The van der Waals surface area contributed by atoms with E-state index in [0.717, 1.165) is 70.1 Å². The van der Waals surface area contributed by atoms with E-state index in [1.807, 2.05) is 20.8 Å². The maximum Gasteiger partial charge on any atom is 0.336 e. The maximum absolute atomic E-state index is 15.6. The number of nitrogens with zero attached hydrogens (tertiary/aromatic N) is 7. The highest BCUT2D eigenvalue weighted by atomic mass is 19.1. The zero-order chi connectivity index (χ0) is 40.0. The second-order valence-electron chi connectivity index (χ2n) is 15.6. The number of amides is 2. The second-order valence-corrected chi connectivity index (χ2v) is 15.6. The van der Waals surface area contributed by atoms with Gasteiger partial charge in [-0.15, -0.1) is 10.2 Å². The molecular weight excluding hydrogens is 711 g/mol. The Labute approximate surface area is 322 Å². The number of carbonyl (C=O) groups is 4. The van der Waals surface area contributed by atoms with Crippen LogP contribution >= 0.6 is 0 Å². The molecule has 0 aliphatic carbocycles. The Morgan fingerprint density at radius 3 is 2.35 bits per heavy atom. The van der Waals surface area contributed by atoms with Gasteiger partial charge in [0.1, 0.15) is 6.33 Å². The maximum atomic E-state index is 15.6. The molecule has 0 saturated carbocycles. The topological polar surface area (TPSA) is 160 Å². The van der Waals surface area contributed by atoms with Crippen LogP contribution in [0.1, 0.15) is 77.6 Å². The van der Waals surface area contributed by atoms with Crippen molar-refractivity contribution in [3.8, 4) is 23.1 Å². The van der Waals surface area contributed by atoms with Gasteiger partial charge in [0.25, 0.3) is 11.8 Å². The van der Waals surface area contributed by atoms with Gasteiger partial charge in [0.2, 0.25) is 17.4 Å². The number of hydrogen-bond acceptors (Lipinski definition) is 13. The molecule has 2 amide bonds. The summed E-state index contributed by atoms with van der Waals surface area (Å²) < 4.78 is 32.5. The van der Waals surface area contributed by atoms with Gasteiger partial charge < -0.3 is 34.2 Å². The van der Waals surface area contributed by atoms with Crippen LogP contribution in [0, 0.1) is 23.1 Å². The molecule has 1 N–H and O–H groups in total. The van der Waals surface area contributed by atoms with Crippen molar-refractivity contribution in [3.05, 3.63) is 35.9 Å². The number of rotatable bonds is 16. The molecule has 16 heteroatoms. The van der Waals surface area contributed by atoms with Crippen LogP contribution in [0.4, 0.5) is 10.2 Å². The van der Waals surface area contributed by atoms with Crippen molar-refractivity contribution in [2.75, 3.05) is 64.8 Å². The lowest BCUT2D eigenvalue weighted by Gasteiger charge is -2.53. The fourth-order valence-corrected chi connectivity index (χ4v) is 7.79.